The van der Waals surface area contributed by atoms with Crippen molar-refractivity contribution in [2.75, 3.05) is 13.1 Å². The molecule has 0 unspecified atom stereocenters. The molecule has 0 aromatic carbocycles. The van der Waals surface area contributed by atoms with Gasteiger partial charge >= 0.3 is 0 Å². The van der Waals surface area contributed by atoms with E-state index in [1.54, 1.807) is 0 Å². The van der Waals surface area contributed by atoms with E-state index >= 15 is 0 Å². The third kappa shape index (κ3) is 1.12. The van der Waals surface area contributed by atoms with Crippen LogP contribution in [-0.2, 0) is 9.59 Å². The average Bonchev–Trinajstić information content (AvgIpc) is 2.88. The molecule has 18 heavy (non-hydrogen) atoms. The van der Waals surface area contributed by atoms with Crippen LogP contribution in [0.1, 0.15) is 44.9 Å². The molecule has 0 bridgehead atoms. The van der Waals surface area contributed by atoms with Gasteiger partial charge in [0, 0.05) is 25.9 Å². The number of hydrogen-bond acceptors (Lipinski definition) is 2. The summed E-state index contributed by atoms with van der Waals surface area (Å²) in [6, 6.07) is 0.329. The van der Waals surface area contributed by atoms with E-state index < -0.39 is 0 Å². The molecule has 4 nitrogen and oxygen atoms in total. The molecule has 3 saturated heterocycles. The van der Waals surface area contributed by atoms with Crippen molar-refractivity contribution in [3.05, 3.63) is 0 Å². The zero-order valence-corrected chi connectivity index (χ0v) is 10.7. The molecule has 4 aliphatic rings. The van der Waals surface area contributed by atoms with Crippen molar-refractivity contribution < 1.29 is 9.59 Å². The first-order chi connectivity index (χ1) is 8.73. The summed E-state index contributed by atoms with van der Waals surface area (Å²) in [4.78, 5) is 28.5. The number of amides is 2. The lowest BCUT2D eigenvalue weighted by Crippen LogP contribution is -2.67. The molecule has 0 radical (unpaired) electrons. The predicted octanol–water partition coefficient (Wildman–Crippen LogP) is 1.15. The summed E-state index contributed by atoms with van der Waals surface area (Å²) in [5.74, 6) is 1.18. The summed E-state index contributed by atoms with van der Waals surface area (Å²) in [5.41, 5.74) is 0.0275. The fourth-order valence-electron chi connectivity index (χ4n) is 5.13. The number of rotatable bonds is 0. The van der Waals surface area contributed by atoms with Crippen LogP contribution in [0.2, 0.25) is 0 Å². The van der Waals surface area contributed by atoms with E-state index in [2.05, 4.69) is 9.80 Å². The molecule has 0 aromatic heterocycles. The van der Waals surface area contributed by atoms with Crippen LogP contribution in [0.3, 0.4) is 0 Å². The molecule has 2 amide bonds. The Morgan fingerprint density at radius 2 is 1.94 bits per heavy atom. The van der Waals surface area contributed by atoms with Gasteiger partial charge in [-0.1, -0.05) is 12.8 Å². The maximum Gasteiger partial charge on any atom is 0.223 e. The monoisotopic (exact) mass is 248 g/mol. The molecule has 1 saturated carbocycles. The normalized spacial score (nSPS) is 42.9. The Balaban J connectivity index is 1.79. The smallest absolute Gasteiger partial charge is 0.223 e. The van der Waals surface area contributed by atoms with Gasteiger partial charge in [0.25, 0.3) is 0 Å². The minimum absolute atomic E-state index is 0.0275. The van der Waals surface area contributed by atoms with Gasteiger partial charge in [0.1, 0.15) is 0 Å². The van der Waals surface area contributed by atoms with Gasteiger partial charge in [0.05, 0.1) is 11.6 Å². The molecule has 3 aliphatic heterocycles. The summed E-state index contributed by atoms with van der Waals surface area (Å²) in [7, 11) is 0. The fourth-order valence-corrected chi connectivity index (χ4v) is 5.13. The lowest BCUT2D eigenvalue weighted by Gasteiger charge is -2.55. The van der Waals surface area contributed by atoms with E-state index in [9.17, 15) is 9.59 Å². The van der Waals surface area contributed by atoms with Crippen molar-refractivity contribution in [2.45, 2.75) is 56.5 Å². The molecule has 4 heteroatoms. The van der Waals surface area contributed by atoms with E-state index in [1.807, 2.05) is 0 Å². The molecule has 4 fully saturated rings. The van der Waals surface area contributed by atoms with Crippen molar-refractivity contribution in [2.24, 2.45) is 5.92 Å². The summed E-state index contributed by atoms with van der Waals surface area (Å²) >= 11 is 0. The summed E-state index contributed by atoms with van der Waals surface area (Å²) in [6.07, 6.45) is 7.18. The van der Waals surface area contributed by atoms with Gasteiger partial charge < -0.3 is 9.80 Å². The van der Waals surface area contributed by atoms with Crippen LogP contribution in [0, 0.1) is 5.92 Å². The Hall–Kier alpha value is -1.06. The van der Waals surface area contributed by atoms with Crippen molar-refractivity contribution in [3.8, 4) is 0 Å². The number of carbonyl (C=O) groups excluding carboxylic acids is 2. The summed E-state index contributed by atoms with van der Waals surface area (Å²) < 4.78 is 0. The first-order valence-corrected chi connectivity index (χ1v) is 7.33. The molecule has 0 N–H and O–H groups in total. The second-order valence-corrected chi connectivity index (χ2v) is 6.33. The van der Waals surface area contributed by atoms with Crippen LogP contribution in [-0.4, -0.2) is 46.3 Å². The third-order valence-electron chi connectivity index (χ3n) is 5.78. The lowest BCUT2D eigenvalue weighted by atomic mass is 9.67. The zero-order valence-electron chi connectivity index (χ0n) is 10.7. The highest BCUT2D eigenvalue weighted by atomic mass is 16.2. The van der Waals surface area contributed by atoms with Gasteiger partial charge in [0.2, 0.25) is 11.8 Å². The second-order valence-electron chi connectivity index (χ2n) is 6.33. The number of fused-ring (bicyclic) bond motifs is 1. The van der Waals surface area contributed by atoms with Gasteiger partial charge in [-0.3, -0.25) is 9.59 Å². The van der Waals surface area contributed by atoms with Crippen LogP contribution in [0.4, 0.5) is 0 Å². The summed E-state index contributed by atoms with van der Waals surface area (Å²) in [6.45, 7) is 1.54. The van der Waals surface area contributed by atoms with Gasteiger partial charge in [-0.15, -0.1) is 0 Å². The van der Waals surface area contributed by atoms with E-state index in [0.717, 1.165) is 32.4 Å². The first-order valence-electron chi connectivity index (χ1n) is 7.33. The van der Waals surface area contributed by atoms with Gasteiger partial charge in [-0.2, -0.15) is 0 Å². The largest absolute Gasteiger partial charge is 0.336 e. The maximum absolute atomic E-state index is 12.3. The highest BCUT2D eigenvalue weighted by molar-refractivity contribution is 5.84. The van der Waals surface area contributed by atoms with Crippen LogP contribution < -0.4 is 0 Å². The van der Waals surface area contributed by atoms with Crippen molar-refractivity contribution >= 4 is 11.8 Å². The number of carbonyl (C=O) groups is 2. The predicted molar refractivity (Wildman–Crippen MR) is 65.8 cm³/mol. The molecule has 3 atom stereocenters. The first kappa shape index (κ1) is 10.8. The van der Waals surface area contributed by atoms with Gasteiger partial charge in [-0.25, -0.2) is 0 Å². The Morgan fingerprint density at radius 1 is 1.06 bits per heavy atom. The molecular weight excluding hydrogens is 228 g/mol. The third-order valence-corrected chi connectivity index (χ3v) is 5.78. The maximum atomic E-state index is 12.3. The molecule has 3 heterocycles. The van der Waals surface area contributed by atoms with Gasteiger partial charge in [0.15, 0.2) is 0 Å². The molecule has 0 aromatic rings. The Morgan fingerprint density at radius 3 is 2.83 bits per heavy atom. The Bertz CT molecular complexity index is 422. The average molecular weight is 248 g/mol. The molecule has 4 rings (SSSR count). The number of nitrogens with zero attached hydrogens (tertiary/aromatic N) is 2. The summed E-state index contributed by atoms with van der Waals surface area (Å²) in [5, 5.41) is 0. The molecule has 1 spiro atoms. The lowest BCUT2D eigenvalue weighted by molar-refractivity contribution is -0.146. The fraction of sp³-hybridized carbons (Fsp3) is 0.857. The Kier molecular flexibility index (Phi) is 2.10. The molecular formula is C14H20N2O2. The van der Waals surface area contributed by atoms with Crippen LogP contribution in [0.25, 0.3) is 0 Å². The number of hydrogen-bond donors (Lipinski definition) is 0. The van der Waals surface area contributed by atoms with Crippen LogP contribution in [0.15, 0.2) is 0 Å². The second kappa shape index (κ2) is 3.49. The van der Waals surface area contributed by atoms with E-state index in [4.69, 9.17) is 0 Å². The van der Waals surface area contributed by atoms with Crippen molar-refractivity contribution in [1.82, 2.24) is 9.80 Å². The van der Waals surface area contributed by atoms with E-state index in [-0.39, 0.29) is 5.54 Å². The van der Waals surface area contributed by atoms with E-state index in [0.29, 0.717) is 30.2 Å². The topological polar surface area (TPSA) is 40.6 Å². The standard InChI is InChI=1S/C14H20N2O2/c17-12-5-4-11-14-6-2-1-3-10(14)9-13(18)16(14)8-7-15(11)12/h10-11H,1-9H2/t10-,11+,14+/m0/s1. The highest BCUT2D eigenvalue weighted by Crippen LogP contribution is 2.52. The minimum Gasteiger partial charge on any atom is -0.336 e. The molecule has 1 aliphatic carbocycles. The van der Waals surface area contributed by atoms with E-state index in [1.165, 1.54) is 19.3 Å². The molecule has 98 valence electrons. The minimum atomic E-state index is 0.0275. The number of piperazine rings is 1. The van der Waals surface area contributed by atoms with Gasteiger partial charge in [-0.05, 0) is 25.2 Å². The SMILES string of the molecule is O=C1CC[C@H]2N1CCN1C(=O)C[C@@H]3CCCC[C@@]321. The van der Waals surface area contributed by atoms with Crippen molar-refractivity contribution in [1.29, 1.82) is 0 Å². The van der Waals surface area contributed by atoms with Crippen molar-refractivity contribution in [3.63, 3.8) is 0 Å². The quantitative estimate of drug-likeness (QED) is 0.645. The zero-order chi connectivity index (χ0) is 12.3. The van der Waals surface area contributed by atoms with Crippen LogP contribution >= 0.6 is 0 Å². The highest BCUT2D eigenvalue weighted by Gasteiger charge is 2.62. The Labute approximate surface area is 107 Å². The van der Waals surface area contributed by atoms with Crippen LogP contribution in [0.5, 0.6) is 0 Å².